The lowest BCUT2D eigenvalue weighted by Gasteiger charge is -2.11. The van der Waals surface area contributed by atoms with Crippen molar-refractivity contribution in [1.29, 1.82) is 0 Å². The second kappa shape index (κ2) is 16.7. The van der Waals surface area contributed by atoms with E-state index in [1.165, 1.54) is 44.6 Å². The highest BCUT2D eigenvalue weighted by molar-refractivity contribution is 5.74. The van der Waals surface area contributed by atoms with E-state index in [-0.39, 0.29) is 11.3 Å². The Morgan fingerprint density at radius 2 is 0.857 bits per heavy atom. The van der Waals surface area contributed by atoms with Crippen LogP contribution in [0.2, 0.25) is 0 Å². The van der Waals surface area contributed by atoms with Crippen LogP contribution in [0, 0.1) is 11.6 Å². The van der Waals surface area contributed by atoms with Crippen LogP contribution in [0.3, 0.4) is 0 Å². The van der Waals surface area contributed by atoms with Gasteiger partial charge in [-0.2, -0.15) is 4.39 Å². The molecule has 0 heterocycles. The minimum atomic E-state index is -0.925. The molecule has 0 atom stereocenters. The lowest BCUT2D eigenvalue weighted by Crippen LogP contribution is -2.01. The molecule has 4 rings (SSSR count). The maximum absolute atomic E-state index is 15.0. The highest BCUT2D eigenvalue weighted by atomic mass is 19.2. The smallest absolute Gasteiger partial charge is 0.201 e. The number of ether oxygens (including phenoxy) is 2. The molecule has 0 saturated carbocycles. The van der Waals surface area contributed by atoms with Crippen molar-refractivity contribution in [2.45, 2.75) is 78.1 Å². The fraction of sp³-hybridized carbons (Fsp3) is 0.368. The van der Waals surface area contributed by atoms with Crippen LogP contribution in [0.1, 0.15) is 78.1 Å². The van der Waals surface area contributed by atoms with Crippen molar-refractivity contribution in [3.05, 3.63) is 96.6 Å². The first kappa shape index (κ1) is 31.3. The zero-order valence-corrected chi connectivity index (χ0v) is 25.1. The molecule has 4 aromatic rings. The van der Waals surface area contributed by atoms with Gasteiger partial charge < -0.3 is 9.47 Å². The summed E-state index contributed by atoms with van der Waals surface area (Å²) in [6, 6.07) is 27.2. The highest BCUT2D eigenvalue weighted by Crippen LogP contribution is 2.32. The molecule has 4 aromatic carbocycles. The van der Waals surface area contributed by atoms with E-state index in [0.29, 0.717) is 12.2 Å². The Bertz CT molecular complexity index is 1350. The maximum Gasteiger partial charge on any atom is 0.201 e. The summed E-state index contributed by atoms with van der Waals surface area (Å²) in [5.41, 5.74) is 5.18. The lowest BCUT2D eigenvalue weighted by atomic mass is 9.98. The van der Waals surface area contributed by atoms with Gasteiger partial charge in [0, 0.05) is 5.56 Å². The number of rotatable bonds is 17. The molecule has 0 unspecified atom stereocenters. The molecule has 0 aliphatic carbocycles. The molecule has 0 fully saturated rings. The third-order valence-electron chi connectivity index (χ3n) is 7.67. The average Bonchev–Trinajstić information content (AvgIpc) is 3.03. The van der Waals surface area contributed by atoms with Gasteiger partial charge in [-0.25, -0.2) is 4.39 Å². The Kier molecular flexibility index (Phi) is 12.4. The van der Waals surface area contributed by atoms with E-state index in [1.54, 1.807) is 6.07 Å². The average molecular weight is 571 g/mol. The maximum atomic E-state index is 15.0. The third kappa shape index (κ3) is 8.92. The van der Waals surface area contributed by atoms with E-state index in [2.05, 4.69) is 50.2 Å². The molecule has 0 spiro atoms. The van der Waals surface area contributed by atoms with E-state index in [1.807, 2.05) is 36.4 Å². The Morgan fingerprint density at radius 3 is 1.43 bits per heavy atom. The molecule has 222 valence electrons. The fourth-order valence-corrected chi connectivity index (χ4v) is 5.09. The molecule has 0 aliphatic rings. The number of unbranched alkanes of at least 4 members (excludes halogenated alkanes) is 8. The topological polar surface area (TPSA) is 18.5 Å². The molecule has 4 heteroatoms. The second-order valence-corrected chi connectivity index (χ2v) is 10.9. The number of benzene rings is 4. The van der Waals surface area contributed by atoms with Crippen molar-refractivity contribution >= 4 is 0 Å². The largest absolute Gasteiger partial charge is 0.494 e. The van der Waals surface area contributed by atoms with E-state index < -0.39 is 11.6 Å². The van der Waals surface area contributed by atoms with Crippen molar-refractivity contribution in [1.82, 2.24) is 0 Å². The summed E-state index contributed by atoms with van der Waals surface area (Å²) in [5.74, 6) is -0.922. The Balaban J connectivity index is 1.32. The summed E-state index contributed by atoms with van der Waals surface area (Å²) in [4.78, 5) is 0. The fourth-order valence-electron chi connectivity index (χ4n) is 5.09. The summed E-state index contributed by atoms with van der Waals surface area (Å²) in [5, 5.41) is 0. The van der Waals surface area contributed by atoms with Gasteiger partial charge in [0.05, 0.1) is 13.2 Å². The monoisotopic (exact) mass is 570 g/mol. The number of halogens is 2. The molecule has 42 heavy (non-hydrogen) atoms. The summed E-state index contributed by atoms with van der Waals surface area (Å²) >= 11 is 0. The molecule has 0 N–H and O–H groups in total. The summed E-state index contributed by atoms with van der Waals surface area (Å²) in [6.07, 6.45) is 11.5. The van der Waals surface area contributed by atoms with Gasteiger partial charge >= 0.3 is 0 Å². The molecule has 0 radical (unpaired) electrons. The molecule has 0 aliphatic heterocycles. The predicted molar refractivity (Wildman–Crippen MR) is 171 cm³/mol. The van der Waals surface area contributed by atoms with Gasteiger partial charge in [0.1, 0.15) is 5.75 Å². The van der Waals surface area contributed by atoms with Crippen LogP contribution in [0.5, 0.6) is 11.5 Å². The minimum Gasteiger partial charge on any atom is -0.494 e. The zero-order valence-electron chi connectivity index (χ0n) is 25.1. The van der Waals surface area contributed by atoms with Crippen LogP contribution in [0.15, 0.2) is 84.9 Å². The second-order valence-electron chi connectivity index (χ2n) is 10.9. The van der Waals surface area contributed by atoms with Crippen LogP contribution < -0.4 is 9.47 Å². The molecule has 0 aromatic heterocycles. The SMILES string of the molecule is CCCCCCCCCOc1ccc(-c2ccc(-c3ccc(-c4ccc(OCCCCC)cc4)cc3)cc2)c(F)c1F. The first-order valence-electron chi connectivity index (χ1n) is 15.7. The van der Waals surface area contributed by atoms with Crippen molar-refractivity contribution in [2.75, 3.05) is 13.2 Å². The normalized spacial score (nSPS) is 11.0. The third-order valence-corrected chi connectivity index (χ3v) is 7.67. The quantitative estimate of drug-likeness (QED) is 0.118. The van der Waals surface area contributed by atoms with Crippen LogP contribution in [-0.2, 0) is 0 Å². The highest BCUT2D eigenvalue weighted by Gasteiger charge is 2.16. The number of hydrogen-bond acceptors (Lipinski definition) is 2. The standard InChI is InChI=1S/C38H44F2O2/c1-3-5-7-8-9-10-12-28-42-36-26-25-35(37(39)38(36)40)33-19-17-31(18-20-33)29-13-15-30(16-14-29)32-21-23-34(24-22-32)41-27-11-6-4-2/h13-26H,3-12,27-28H2,1-2H3. The Labute approximate surface area is 250 Å². The van der Waals surface area contributed by atoms with E-state index in [9.17, 15) is 8.78 Å². The molecular formula is C38H44F2O2. The molecule has 0 amide bonds. The summed E-state index contributed by atoms with van der Waals surface area (Å²) in [7, 11) is 0. The van der Waals surface area contributed by atoms with Gasteiger partial charge in [-0.3, -0.25) is 0 Å². The number of hydrogen-bond donors (Lipinski definition) is 0. The van der Waals surface area contributed by atoms with Crippen LogP contribution in [0.25, 0.3) is 33.4 Å². The van der Waals surface area contributed by atoms with E-state index in [0.717, 1.165) is 60.3 Å². The molecule has 0 saturated heterocycles. The first-order chi connectivity index (χ1) is 20.6. The Morgan fingerprint density at radius 1 is 0.429 bits per heavy atom. The van der Waals surface area contributed by atoms with Gasteiger partial charge in [-0.1, -0.05) is 126 Å². The summed E-state index contributed by atoms with van der Waals surface area (Å²) < 4.78 is 41.1. The Hall–Kier alpha value is -3.66. The van der Waals surface area contributed by atoms with Crippen LogP contribution in [-0.4, -0.2) is 13.2 Å². The van der Waals surface area contributed by atoms with Crippen molar-refractivity contribution in [2.24, 2.45) is 0 Å². The van der Waals surface area contributed by atoms with Crippen molar-refractivity contribution < 1.29 is 18.3 Å². The summed E-state index contributed by atoms with van der Waals surface area (Å²) in [6.45, 7) is 5.54. The molecular weight excluding hydrogens is 526 g/mol. The van der Waals surface area contributed by atoms with Crippen LogP contribution in [0.4, 0.5) is 8.78 Å². The van der Waals surface area contributed by atoms with Crippen molar-refractivity contribution in [3.63, 3.8) is 0 Å². The minimum absolute atomic E-state index is 0.0203. The van der Waals surface area contributed by atoms with Gasteiger partial charge in [-0.05, 0) is 64.9 Å². The predicted octanol–water partition coefficient (Wildman–Crippen LogP) is 11.7. The van der Waals surface area contributed by atoms with Gasteiger partial charge in [-0.15, -0.1) is 0 Å². The van der Waals surface area contributed by atoms with E-state index >= 15 is 0 Å². The van der Waals surface area contributed by atoms with Gasteiger partial charge in [0.2, 0.25) is 5.82 Å². The van der Waals surface area contributed by atoms with Crippen LogP contribution >= 0.6 is 0 Å². The first-order valence-corrected chi connectivity index (χ1v) is 15.7. The van der Waals surface area contributed by atoms with Gasteiger partial charge in [0.25, 0.3) is 0 Å². The lowest BCUT2D eigenvalue weighted by molar-refractivity contribution is 0.285. The van der Waals surface area contributed by atoms with Crippen molar-refractivity contribution in [3.8, 4) is 44.9 Å². The zero-order chi connectivity index (χ0) is 29.6. The molecule has 0 bridgehead atoms. The van der Waals surface area contributed by atoms with E-state index in [4.69, 9.17) is 9.47 Å². The van der Waals surface area contributed by atoms with Gasteiger partial charge in [0.15, 0.2) is 11.6 Å². The molecule has 2 nitrogen and oxygen atoms in total.